The topological polar surface area (TPSA) is 186 Å². The van der Waals surface area contributed by atoms with Crippen LogP contribution in [0.5, 0.6) is 0 Å². The van der Waals surface area contributed by atoms with Crippen molar-refractivity contribution in [3.63, 3.8) is 0 Å². The number of hydrogen-bond acceptors (Lipinski definition) is 10. The lowest BCUT2D eigenvalue weighted by Gasteiger charge is -2.33. The van der Waals surface area contributed by atoms with Gasteiger partial charge >= 0.3 is 62.1 Å². The van der Waals surface area contributed by atoms with Gasteiger partial charge in [-0.25, -0.2) is 33.7 Å². The highest BCUT2D eigenvalue weighted by molar-refractivity contribution is 8.06. The van der Waals surface area contributed by atoms with Crippen LogP contribution in [0.4, 0.5) is 52.7 Å². The summed E-state index contributed by atoms with van der Waals surface area (Å²) in [6.07, 6.45) is 10.7. The lowest BCUT2D eigenvalue weighted by molar-refractivity contribution is -0.0487. The van der Waals surface area contributed by atoms with Gasteiger partial charge in [0.1, 0.15) is 0 Å². The first-order valence-corrected chi connectivity index (χ1v) is 17.7. The van der Waals surface area contributed by atoms with Gasteiger partial charge in [0.15, 0.2) is 0 Å². The minimum absolute atomic E-state index is 0.115. The van der Waals surface area contributed by atoms with Crippen LogP contribution < -0.4 is 8.25 Å². The Morgan fingerprint density at radius 2 is 0.980 bits per heavy atom. The fourth-order valence-corrected chi connectivity index (χ4v) is 7.09. The van der Waals surface area contributed by atoms with Gasteiger partial charge < -0.3 is 0 Å². The SMILES string of the molecule is Cc1ccccc1C1(c2ccncc2)C=CN=CC1.O=S(=O)(NS(=O)(=O)C(F)(F)F)C(F)(F)F.O=S(=O)(NS(=O)(=O)C(F)(F)F)C(F)(F)F. The molecule has 12 nitrogen and oxygen atoms in total. The standard InChI is InChI=1S/C17H16N2.2C2HF6NO4S2/c1-14-4-2-3-5-16(14)17(8-12-19-13-9-17)15-6-10-18-11-7-15;2*3-1(4,5)14(10,11)9-15(12,13)2(6,7)8/h2-8,10-13H,9H2,1H3;2*9H. The molecule has 1 aliphatic rings. The van der Waals surface area contributed by atoms with E-state index < -0.39 is 70.4 Å². The second kappa shape index (κ2) is 14.9. The summed E-state index contributed by atoms with van der Waals surface area (Å²) in [7, 11) is -26.4. The molecule has 0 bridgehead atoms. The van der Waals surface area contributed by atoms with Gasteiger partial charge in [0.25, 0.3) is 0 Å². The molecule has 2 heterocycles. The Morgan fingerprint density at radius 1 is 0.612 bits per heavy atom. The molecule has 0 amide bonds. The molecule has 49 heavy (non-hydrogen) atoms. The summed E-state index contributed by atoms with van der Waals surface area (Å²) in [6, 6.07) is 12.7. The molecule has 3 rings (SSSR count). The number of benzene rings is 1. The predicted molar refractivity (Wildman–Crippen MR) is 145 cm³/mol. The highest BCUT2D eigenvalue weighted by Crippen LogP contribution is 2.39. The zero-order valence-corrected chi connectivity index (χ0v) is 26.7. The third-order valence-corrected chi connectivity index (χ3v) is 11.4. The number of sulfonamides is 4. The van der Waals surface area contributed by atoms with Gasteiger partial charge in [-0.15, -0.1) is 0 Å². The number of aromatic nitrogens is 1. The van der Waals surface area contributed by atoms with E-state index in [0.29, 0.717) is 0 Å². The summed E-state index contributed by atoms with van der Waals surface area (Å²) in [5.74, 6) is 0. The maximum absolute atomic E-state index is 11.5. The van der Waals surface area contributed by atoms with E-state index in [0.717, 1.165) is 6.42 Å². The maximum atomic E-state index is 11.5. The van der Waals surface area contributed by atoms with Gasteiger partial charge in [-0.2, -0.15) is 52.7 Å². The van der Waals surface area contributed by atoms with Crippen LogP contribution in [0, 0.1) is 6.92 Å². The van der Waals surface area contributed by atoms with Gasteiger partial charge in [0.05, 0.1) is 0 Å². The fourth-order valence-electron chi connectivity index (χ4n) is 3.27. The molecule has 278 valence electrons. The molecular weight excluding hydrogens is 792 g/mol. The highest BCUT2D eigenvalue weighted by Gasteiger charge is 2.56. The number of nitrogens with one attached hydrogen (secondary N) is 2. The minimum Gasteiger partial charge on any atom is -0.269 e. The van der Waals surface area contributed by atoms with Crippen LogP contribution in [0.15, 0.2) is 66.1 Å². The number of aryl methyl sites for hydroxylation is 1. The van der Waals surface area contributed by atoms with Gasteiger partial charge in [-0.3, -0.25) is 9.98 Å². The molecule has 0 fully saturated rings. The Labute approximate surface area is 269 Å². The van der Waals surface area contributed by atoms with Crippen molar-refractivity contribution in [2.45, 2.75) is 40.8 Å². The van der Waals surface area contributed by atoms with Crippen molar-refractivity contribution in [1.82, 2.24) is 13.2 Å². The molecule has 0 spiro atoms. The van der Waals surface area contributed by atoms with Crippen molar-refractivity contribution >= 4 is 46.3 Å². The molecule has 1 aliphatic heterocycles. The average molecular weight is 811 g/mol. The number of halogens is 12. The Balaban J connectivity index is 0.000000373. The highest BCUT2D eigenvalue weighted by atomic mass is 32.3. The van der Waals surface area contributed by atoms with Gasteiger partial charge in [-0.1, -0.05) is 38.6 Å². The first kappa shape index (κ1) is 43.7. The van der Waals surface area contributed by atoms with Gasteiger partial charge in [0.2, 0.25) is 0 Å². The molecule has 2 aromatic rings. The number of hydrogen-bond donors (Lipinski definition) is 2. The van der Waals surface area contributed by atoms with E-state index >= 15 is 0 Å². The molecule has 0 aliphatic carbocycles. The van der Waals surface area contributed by atoms with Crippen LogP contribution in [-0.4, -0.2) is 66.9 Å². The minimum atomic E-state index is -6.60. The summed E-state index contributed by atoms with van der Waals surface area (Å²) in [4.78, 5) is 8.36. The van der Waals surface area contributed by atoms with Crippen LogP contribution in [0.2, 0.25) is 0 Å². The molecule has 1 unspecified atom stereocenters. The van der Waals surface area contributed by atoms with Crippen LogP contribution >= 0.6 is 0 Å². The van der Waals surface area contributed by atoms with Crippen molar-refractivity contribution in [3.8, 4) is 0 Å². The predicted octanol–water partition coefficient (Wildman–Crippen LogP) is 4.21. The number of aliphatic imine (C=N–C) groups is 1. The van der Waals surface area contributed by atoms with Crippen LogP contribution in [0.25, 0.3) is 0 Å². The van der Waals surface area contributed by atoms with Crippen molar-refractivity contribution in [2.24, 2.45) is 4.99 Å². The van der Waals surface area contributed by atoms with Crippen LogP contribution in [0.3, 0.4) is 0 Å². The second-order valence-electron chi connectivity index (χ2n) is 8.84. The first-order chi connectivity index (χ1) is 21.7. The van der Waals surface area contributed by atoms with E-state index in [1.54, 1.807) is 0 Å². The number of nitrogens with zero attached hydrogens (tertiary/aromatic N) is 2. The Hall–Kier alpha value is -3.34. The Bertz CT molecular complexity index is 1790. The van der Waals surface area contributed by atoms with E-state index in [1.807, 2.05) is 24.8 Å². The fraction of sp³-hybridized carbons (Fsp3) is 0.333. The summed E-state index contributed by atoms with van der Waals surface area (Å²) < 4.78 is 217. The summed E-state index contributed by atoms with van der Waals surface area (Å²) in [5, 5.41) is 0. The van der Waals surface area contributed by atoms with E-state index in [9.17, 15) is 86.4 Å². The zero-order chi connectivity index (χ0) is 38.5. The maximum Gasteiger partial charge on any atom is 0.512 e. The summed E-state index contributed by atoms with van der Waals surface area (Å²) in [5.41, 5.74) is -20.8. The normalized spacial score (nSPS) is 17.7. The number of allylic oxidation sites excluding steroid dienone is 1. The quantitative estimate of drug-likeness (QED) is 0.404. The van der Waals surface area contributed by atoms with Crippen LogP contribution in [0.1, 0.15) is 23.1 Å². The molecule has 2 N–H and O–H groups in total. The van der Waals surface area contributed by atoms with Crippen molar-refractivity contribution in [3.05, 3.63) is 77.8 Å². The third kappa shape index (κ3) is 11.1. The Kier molecular flexibility index (Phi) is 13.3. The zero-order valence-electron chi connectivity index (χ0n) is 23.4. The smallest absolute Gasteiger partial charge is 0.269 e. The number of alkyl halides is 12. The third-order valence-electron chi connectivity index (χ3n) is 5.44. The molecule has 28 heteroatoms. The molecule has 1 aromatic heterocycles. The second-order valence-corrected chi connectivity index (χ2v) is 16.0. The number of rotatable bonds is 6. The van der Waals surface area contributed by atoms with Crippen molar-refractivity contribution in [2.75, 3.05) is 0 Å². The van der Waals surface area contributed by atoms with Crippen LogP contribution in [-0.2, 0) is 45.5 Å². The van der Waals surface area contributed by atoms with Gasteiger partial charge in [0, 0.05) is 36.6 Å². The molecule has 1 aromatic carbocycles. The molecule has 0 radical (unpaired) electrons. The van der Waals surface area contributed by atoms with Crippen molar-refractivity contribution in [1.29, 1.82) is 0 Å². The van der Waals surface area contributed by atoms with E-state index in [4.69, 9.17) is 0 Å². The lowest BCUT2D eigenvalue weighted by Crippen LogP contribution is -2.45. The number of pyridine rings is 1. The Morgan fingerprint density at radius 3 is 1.29 bits per heavy atom. The molecule has 0 saturated carbocycles. The largest absolute Gasteiger partial charge is 0.512 e. The van der Waals surface area contributed by atoms with E-state index in [-0.39, 0.29) is 5.41 Å². The molecular formula is C21H18F12N4O8S4. The molecule has 0 saturated heterocycles. The molecule has 1 atom stereocenters. The van der Waals surface area contributed by atoms with E-state index in [2.05, 4.69) is 59.4 Å². The first-order valence-electron chi connectivity index (χ1n) is 11.7. The average Bonchev–Trinajstić information content (AvgIpc) is 2.91. The summed E-state index contributed by atoms with van der Waals surface area (Å²) in [6.45, 7) is 2.16. The van der Waals surface area contributed by atoms with Crippen molar-refractivity contribution < 1.29 is 86.4 Å². The summed E-state index contributed by atoms with van der Waals surface area (Å²) >= 11 is 0. The monoisotopic (exact) mass is 810 g/mol. The van der Waals surface area contributed by atoms with Gasteiger partial charge in [-0.05, 0) is 35.7 Å². The lowest BCUT2D eigenvalue weighted by atomic mass is 9.70. The van der Waals surface area contributed by atoms with E-state index in [1.165, 1.54) is 16.7 Å².